The van der Waals surface area contributed by atoms with E-state index in [1.54, 1.807) is 0 Å². The SMILES string of the molecule is c1ccc(-c2nc3ccc(-n4c5ccccc5c5c6c7ccccc7sc6c6ccccc6c54)cc3nc2-c2ccccc2)cc1. The molecule has 10 aromatic rings. The van der Waals surface area contributed by atoms with Crippen molar-refractivity contribution in [3.63, 3.8) is 0 Å². The molecule has 0 bridgehead atoms. The predicted octanol–water partition coefficient (Wildman–Crippen LogP) is 11.6. The average molecular weight is 604 g/mol. The first-order chi connectivity index (χ1) is 22.8. The first-order valence-electron chi connectivity index (χ1n) is 15.5. The van der Waals surface area contributed by atoms with E-state index in [1.807, 2.05) is 23.5 Å². The van der Waals surface area contributed by atoms with Gasteiger partial charge < -0.3 is 4.57 Å². The van der Waals surface area contributed by atoms with Crippen molar-refractivity contribution in [1.82, 2.24) is 14.5 Å². The lowest BCUT2D eigenvalue weighted by Crippen LogP contribution is -1.98. The number of nitrogens with zero attached hydrogens (tertiary/aromatic N) is 3. The molecule has 214 valence electrons. The standard InChI is InChI=1S/C42H25N3S/c1-3-13-26(14-4-1)39-40(27-15-5-2-6-16-27)44-34-25-28(23-24-33(34)43-39)45-35-21-11-9-19-31(35)37-38-32-20-10-12-22-36(32)46-42(38)30-18-8-7-17-29(30)41(37)45/h1-25H. The summed E-state index contributed by atoms with van der Waals surface area (Å²) in [4.78, 5) is 10.5. The highest BCUT2D eigenvalue weighted by Gasteiger charge is 2.22. The molecular weight excluding hydrogens is 579 g/mol. The smallest absolute Gasteiger partial charge is 0.0973 e. The Bertz CT molecular complexity index is 2790. The minimum Gasteiger partial charge on any atom is -0.309 e. The molecule has 3 heterocycles. The summed E-state index contributed by atoms with van der Waals surface area (Å²) in [7, 11) is 0. The van der Waals surface area contributed by atoms with Crippen LogP contribution >= 0.6 is 11.3 Å². The number of fused-ring (bicyclic) bond motifs is 11. The molecule has 0 unspecified atom stereocenters. The third-order valence-corrected chi connectivity index (χ3v) is 10.4. The third kappa shape index (κ3) is 3.65. The first-order valence-corrected chi connectivity index (χ1v) is 16.3. The Kier molecular flexibility index (Phi) is 5.45. The Morgan fingerprint density at radius 2 is 1.04 bits per heavy atom. The maximum absolute atomic E-state index is 5.32. The van der Waals surface area contributed by atoms with E-state index in [0.29, 0.717) is 0 Å². The zero-order valence-electron chi connectivity index (χ0n) is 24.7. The van der Waals surface area contributed by atoms with Gasteiger partial charge in [0.2, 0.25) is 0 Å². The maximum Gasteiger partial charge on any atom is 0.0973 e. The van der Waals surface area contributed by atoms with E-state index in [9.17, 15) is 0 Å². The summed E-state index contributed by atoms with van der Waals surface area (Å²) in [5.74, 6) is 0. The van der Waals surface area contributed by atoms with Crippen LogP contribution in [0.1, 0.15) is 0 Å². The lowest BCUT2D eigenvalue weighted by atomic mass is 10.00. The van der Waals surface area contributed by atoms with Crippen molar-refractivity contribution in [2.24, 2.45) is 0 Å². The zero-order valence-corrected chi connectivity index (χ0v) is 25.5. The van der Waals surface area contributed by atoms with Crippen LogP contribution in [-0.2, 0) is 0 Å². The van der Waals surface area contributed by atoms with E-state index in [0.717, 1.165) is 39.2 Å². The van der Waals surface area contributed by atoms with Gasteiger partial charge in [0, 0.05) is 58.5 Å². The third-order valence-electron chi connectivity index (χ3n) is 9.15. The van der Waals surface area contributed by atoms with E-state index in [-0.39, 0.29) is 0 Å². The van der Waals surface area contributed by atoms with Gasteiger partial charge in [0.15, 0.2) is 0 Å². The van der Waals surface area contributed by atoms with Crippen LogP contribution in [0.4, 0.5) is 0 Å². The Balaban J connectivity index is 1.33. The second kappa shape index (κ2) is 9.83. The Labute approximate surface area is 268 Å². The van der Waals surface area contributed by atoms with Gasteiger partial charge >= 0.3 is 0 Å². The first kappa shape index (κ1) is 25.5. The van der Waals surface area contributed by atoms with Crippen LogP contribution in [0.2, 0.25) is 0 Å². The van der Waals surface area contributed by atoms with Gasteiger partial charge in [-0.3, -0.25) is 0 Å². The van der Waals surface area contributed by atoms with Gasteiger partial charge in [-0.15, -0.1) is 11.3 Å². The van der Waals surface area contributed by atoms with Crippen LogP contribution in [0.25, 0.3) is 92.0 Å². The van der Waals surface area contributed by atoms with Crippen molar-refractivity contribution in [2.75, 3.05) is 0 Å². The monoisotopic (exact) mass is 603 g/mol. The second-order valence-electron chi connectivity index (χ2n) is 11.7. The molecule has 0 aliphatic carbocycles. The molecule has 0 radical (unpaired) electrons. The topological polar surface area (TPSA) is 30.7 Å². The Morgan fingerprint density at radius 3 is 1.78 bits per heavy atom. The molecule has 0 N–H and O–H groups in total. The summed E-state index contributed by atoms with van der Waals surface area (Å²) >= 11 is 1.89. The average Bonchev–Trinajstić information content (AvgIpc) is 3.68. The lowest BCUT2D eigenvalue weighted by molar-refractivity contribution is 1.18. The number of para-hydroxylation sites is 1. The molecule has 3 nitrogen and oxygen atoms in total. The van der Waals surface area contributed by atoms with Crippen molar-refractivity contribution >= 4 is 75.1 Å². The van der Waals surface area contributed by atoms with Crippen molar-refractivity contribution in [3.05, 3.63) is 152 Å². The molecular formula is C42H25N3S. The number of hydrogen-bond donors (Lipinski definition) is 0. The molecule has 46 heavy (non-hydrogen) atoms. The van der Waals surface area contributed by atoms with Crippen molar-refractivity contribution in [3.8, 4) is 28.2 Å². The molecule has 0 fully saturated rings. The summed E-state index contributed by atoms with van der Waals surface area (Å²) in [5, 5.41) is 7.75. The summed E-state index contributed by atoms with van der Waals surface area (Å²) in [6.07, 6.45) is 0. The molecule has 0 aliphatic heterocycles. The van der Waals surface area contributed by atoms with Gasteiger partial charge in [-0.05, 0) is 30.3 Å². The van der Waals surface area contributed by atoms with Crippen LogP contribution in [0.5, 0.6) is 0 Å². The minimum atomic E-state index is 0.869. The fourth-order valence-electron chi connectivity index (χ4n) is 7.16. The van der Waals surface area contributed by atoms with Crippen LogP contribution < -0.4 is 0 Å². The van der Waals surface area contributed by atoms with Crippen molar-refractivity contribution in [1.29, 1.82) is 0 Å². The molecule has 0 spiro atoms. The highest BCUT2D eigenvalue weighted by molar-refractivity contribution is 7.27. The maximum atomic E-state index is 5.32. The molecule has 7 aromatic carbocycles. The van der Waals surface area contributed by atoms with Gasteiger partial charge in [0.1, 0.15) is 0 Å². The molecule has 0 atom stereocenters. The van der Waals surface area contributed by atoms with E-state index in [2.05, 4.69) is 144 Å². The van der Waals surface area contributed by atoms with E-state index in [1.165, 1.54) is 52.8 Å². The van der Waals surface area contributed by atoms with Gasteiger partial charge in [0.25, 0.3) is 0 Å². The number of thiophene rings is 1. The van der Waals surface area contributed by atoms with Gasteiger partial charge in [-0.2, -0.15) is 0 Å². The summed E-state index contributed by atoms with van der Waals surface area (Å²) in [6.45, 7) is 0. The van der Waals surface area contributed by atoms with Crippen LogP contribution in [0.15, 0.2) is 152 Å². The molecule has 3 aromatic heterocycles. The summed E-state index contributed by atoms with van der Waals surface area (Å²) in [5.41, 5.74) is 9.11. The fourth-order valence-corrected chi connectivity index (χ4v) is 8.41. The summed E-state index contributed by atoms with van der Waals surface area (Å²) < 4.78 is 5.10. The number of benzene rings is 7. The molecule has 0 amide bonds. The molecule has 10 rings (SSSR count). The normalized spacial score (nSPS) is 11.9. The molecule has 0 aliphatic rings. The van der Waals surface area contributed by atoms with Crippen molar-refractivity contribution < 1.29 is 0 Å². The molecule has 0 saturated heterocycles. The van der Waals surface area contributed by atoms with Crippen LogP contribution in [0, 0.1) is 0 Å². The van der Waals surface area contributed by atoms with E-state index >= 15 is 0 Å². The Hall–Kier alpha value is -5.84. The van der Waals surface area contributed by atoms with Gasteiger partial charge in [0.05, 0.1) is 33.5 Å². The van der Waals surface area contributed by atoms with E-state index < -0.39 is 0 Å². The quantitative estimate of drug-likeness (QED) is 0.201. The molecule has 0 saturated carbocycles. The van der Waals surface area contributed by atoms with Crippen molar-refractivity contribution in [2.45, 2.75) is 0 Å². The van der Waals surface area contributed by atoms with Gasteiger partial charge in [-0.25, -0.2) is 9.97 Å². The van der Waals surface area contributed by atoms with E-state index in [4.69, 9.17) is 9.97 Å². The Morgan fingerprint density at radius 1 is 0.457 bits per heavy atom. The predicted molar refractivity (Wildman–Crippen MR) is 195 cm³/mol. The second-order valence-corrected chi connectivity index (χ2v) is 12.8. The summed E-state index contributed by atoms with van der Waals surface area (Å²) in [6, 6.07) is 53.8. The highest BCUT2D eigenvalue weighted by atomic mass is 32.1. The highest BCUT2D eigenvalue weighted by Crippen LogP contribution is 2.48. The lowest BCUT2D eigenvalue weighted by Gasteiger charge is -2.14. The van der Waals surface area contributed by atoms with Crippen LogP contribution in [0.3, 0.4) is 0 Å². The number of hydrogen-bond acceptors (Lipinski definition) is 3. The van der Waals surface area contributed by atoms with Crippen LogP contribution in [-0.4, -0.2) is 14.5 Å². The number of rotatable bonds is 3. The number of aromatic nitrogens is 3. The van der Waals surface area contributed by atoms with Gasteiger partial charge in [-0.1, -0.05) is 121 Å². The minimum absolute atomic E-state index is 0.869. The zero-order chi connectivity index (χ0) is 30.2. The fraction of sp³-hybridized carbons (Fsp3) is 0. The molecule has 4 heteroatoms. The largest absolute Gasteiger partial charge is 0.309 e.